The highest BCUT2D eigenvalue weighted by Gasteiger charge is 2.19. The first-order valence-electron chi connectivity index (χ1n) is 7.76. The molecule has 2 rings (SSSR count). The van der Waals surface area contributed by atoms with Gasteiger partial charge in [0, 0.05) is 18.2 Å². The molecule has 0 heterocycles. The summed E-state index contributed by atoms with van der Waals surface area (Å²) in [5.41, 5.74) is 1.33. The van der Waals surface area contributed by atoms with Crippen molar-refractivity contribution in [2.24, 2.45) is 0 Å². The van der Waals surface area contributed by atoms with Gasteiger partial charge in [-0.2, -0.15) is 0 Å². The fourth-order valence-electron chi connectivity index (χ4n) is 2.54. The number of benzene rings is 2. The number of nitro groups is 1. The van der Waals surface area contributed by atoms with Crippen LogP contribution in [0, 0.1) is 10.1 Å². The molecule has 0 aliphatic heterocycles. The molecule has 132 valence electrons. The lowest BCUT2D eigenvalue weighted by atomic mass is 10.1. The molecule has 6 nitrogen and oxygen atoms in total. The van der Waals surface area contributed by atoms with Crippen LogP contribution >= 0.6 is 11.8 Å². The van der Waals surface area contributed by atoms with Crippen LogP contribution in [0.4, 0.5) is 5.69 Å². The van der Waals surface area contributed by atoms with Gasteiger partial charge in [0.2, 0.25) is 0 Å². The van der Waals surface area contributed by atoms with Crippen molar-refractivity contribution < 1.29 is 9.72 Å². The second-order valence-electron chi connectivity index (χ2n) is 5.74. The van der Waals surface area contributed by atoms with E-state index in [0.717, 1.165) is 5.56 Å². The third kappa shape index (κ3) is 4.80. The van der Waals surface area contributed by atoms with Crippen molar-refractivity contribution in [1.82, 2.24) is 10.2 Å². The van der Waals surface area contributed by atoms with Crippen LogP contribution in [-0.2, 0) is 0 Å². The third-order valence-electron chi connectivity index (χ3n) is 3.90. The maximum Gasteiger partial charge on any atom is 0.283 e. The number of hydrogen-bond acceptors (Lipinski definition) is 5. The fraction of sp³-hybridized carbons (Fsp3) is 0.278. The molecule has 0 fully saturated rings. The fourth-order valence-corrected chi connectivity index (χ4v) is 3.09. The minimum Gasteiger partial charge on any atom is -0.350 e. The Labute approximate surface area is 151 Å². The van der Waals surface area contributed by atoms with Crippen LogP contribution in [-0.4, -0.2) is 42.6 Å². The molecule has 0 bridgehead atoms. The van der Waals surface area contributed by atoms with Crippen LogP contribution in [0.5, 0.6) is 0 Å². The van der Waals surface area contributed by atoms with E-state index < -0.39 is 4.92 Å². The number of rotatable bonds is 7. The van der Waals surface area contributed by atoms with E-state index in [2.05, 4.69) is 5.32 Å². The molecule has 0 saturated carbocycles. The molecule has 7 heteroatoms. The summed E-state index contributed by atoms with van der Waals surface area (Å²) in [5.74, 6) is -0.321. The first-order chi connectivity index (χ1) is 11.9. The predicted octanol–water partition coefficient (Wildman–Crippen LogP) is 3.35. The Hall–Kier alpha value is -2.38. The van der Waals surface area contributed by atoms with E-state index in [1.807, 2.05) is 49.3 Å². The summed E-state index contributed by atoms with van der Waals surface area (Å²) >= 11 is 1.28. The number of hydrogen-bond donors (Lipinski definition) is 1. The number of nitro benzene ring substituents is 1. The topological polar surface area (TPSA) is 75.5 Å². The van der Waals surface area contributed by atoms with E-state index in [-0.39, 0.29) is 23.2 Å². The number of nitrogens with zero attached hydrogens (tertiary/aromatic N) is 2. The Bertz CT molecular complexity index is 750. The standard InChI is InChI=1S/C18H21N3O3S/c1-20(2)16(13-7-5-4-6-8-13)12-19-18(22)14-9-10-17(25-3)15(11-14)21(23)24/h4-11,16H,12H2,1-3H3,(H,19,22)/t16-/m0/s1. The van der Waals surface area contributed by atoms with Gasteiger partial charge in [-0.15, -0.1) is 11.8 Å². The maximum absolute atomic E-state index is 12.4. The molecule has 0 spiro atoms. The van der Waals surface area contributed by atoms with Crippen molar-refractivity contribution in [3.05, 3.63) is 69.8 Å². The van der Waals surface area contributed by atoms with Gasteiger partial charge >= 0.3 is 0 Å². The molecule has 2 aromatic carbocycles. The van der Waals surface area contributed by atoms with Gasteiger partial charge in [-0.1, -0.05) is 30.3 Å². The Morgan fingerprint density at radius 3 is 2.48 bits per heavy atom. The van der Waals surface area contributed by atoms with Crippen LogP contribution in [0.3, 0.4) is 0 Å². The average Bonchev–Trinajstić information content (AvgIpc) is 2.61. The summed E-state index contributed by atoms with van der Waals surface area (Å²) in [6.45, 7) is 0.411. The first kappa shape index (κ1) is 19.0. The van der Waals surface area contributed by atoms with E-state index in [1.54, 1.807) is 18.4 Å². The Balaban J connectivity index is 2.13. The van der Waals surface area contributed by atoms with Crippen molar-refractivity contribution in [3.63, 3.8) is 0 Å². The van der Waals surface area contributed by atoms with Gasteiger partial charge in [-0.05, 0) is 38.0 Å². The molecule has 25 heavy (non-hydrogen) atoms. The second-order valence-corrected chi connectivity index (χ2v) is 6.59. The Kier molecular flexibility index (Phi) is 6.55. The van der Waals surface area contributed by atoms with Crippen molar-refractivity contribution in [3.8, 4) is 0 Å². The van der Waals surface area contributed by atoms with Crippen molar-refractivity contribution >= 4 is 23.4 Å². The molecule has 0 saturated heterocycles. The number of amides is 1. The molecule has 0 radical (unpaired) electrons. The normalized spacial score (nSPS) is 12.0. The van der Waals surface area contributed by atoms with Crippen molar-refractivity contribution in [2.45, 2.75) is 10.9 Å². The summed E-state index contributed by atoms with van der Waals surface area (Å²) in [6.07, 6.45) is 1.77. The molecule has 0 aliphatic carbocycles. The highest BCUT2D eigenvalue weighted by atomic mass is 32.2. The predicted molar refractivity (Wildman–Crippen MR) is 100 cm³/mol. The molecule has 0 unspecified atom stereocenters. The van der Waals surface area contributed by atoms with Gasteiger partial charge in [0.15, 0.2) is 0 Å². The van der Waals surface area contributed by atoms with E-state index in [1.165, 1.54) is 17.8 Å². The van der Waals surface area contributed by atoms with Crippen LogP contribution < -0.4 is 5.32 Å². The van der Waals surface area contributed by atoms with Crippen molar-refractivity contribution in [2.75, 3.05) is 26.9 Å². The lowest BCUT2D eigenvalue weighted by Crippen LogP contribution is -2.34. The third-order valence-corrected chi connectivity index (χ3v) is 4.69. The van der Waals surface area contributed by atoms with Gasteiger partial charge in [-0.25, -0.2) is 0 Å². The monoisotopic (exact) mass is 359 g/mol. The van der Waals surface area contributed by atoms with Gasteiger partial charge in [-0.3, -0.25) is 14.9 Å². The zero-order valence-corrected chi connectivity index (χ0v) is 15.2. The molecule has 1 amide bonds. The van der Waals surface area contributed by atoms with Gasteiger partial charge in [0.05, 0.1) is 15.9 Å². The molecular formula is C18H21N3O3S. The smallest absolute Gasteiger partial charge is 0.283 e. The number of likely N-dealkylation sites (N-methyl/N-ethyl adjacent to an activating group) is 1. The minimum atomic E-state index is -0.463. The van der Waals surface area contributed by atoms with Crippen LogP contribution in [0.1, 0.15) is 22.0 Å². The summed E-state index contributed by atoms with van der Waals surface area (Å²) in [6, 6.07) is 14.4. The van der Waals surface area contributed by atoms with Gasteiger partial charge in [0.25, 0.3) is 11.6 Å². The Morgan fingerprint density at radius 1 is 1.24 bits per heavy atom. The second kappa shape index (κ2) is 8.64. The number of carbonyl (C=O) groups is 1. The zero-order valence-electron chi connectivity index (χ0n) is 14.4. The molecule has 1 N–H and O–H groups in total. The lowest BCUT2D eigenvalue weighted by Gasteiger charge is -2.25. The van der Waals surface area contributed by atoms with E-state index in [0.29, 0.717) is 11.4 Å². The van der Waals surface area contributed by atoms with E-state index in [9.17, 15) is 14.9 Å². The summed E-state index contributed by atoms with van der Waals surface area (Å²) in [7, 11) is 3.89. The number of thioether (sulfide) groups is 1. The largest absolute Gasteiger partial charge is 0.350 e. The lowest BCUT2D eigenvalue weighted by molar-refractivity contribution is -0.387. The molecular weight excluding hydrogens is 338 g/mol. The number of carbonyl (C=O) groups excluding carboxylic acids is 1. The summed E-state index contributed by atoms with van der Waals surface area (Å²) in [5, 5.41) is 14.0. The highest BCUT2D eigenvalue weighted by Crippen LogP contribution is 2.28. The van der Waals surface area contributed by atoms with E-state index >= 15 is 0 Å². The first-order valence-corrected chi connectivity index (χ1v) is 8.98. The molecule has 0 aliphatic rings. The van der Waals surface area contributed by atoms with Gasteiger partial charge < -0.3 is 10.2 Å². The Morgan fingerprint density at radius 2 is 1.92 bits per heavy atom. The maximum atomic E-state index is 12.4. The highest BCUT2D eigenvalue weighted by molar-refractivity contribution is 7.98. The van der Waals surface area contributed by atoms with Crippen LogP contribution in [0.15, 0.2) is 53.4 Å². The molecule has 0 aromatic heterocycles. The van der Waals surface area contributed by atoms with E-state index in [4.69, 9.17) is 0 Å². The minimum absolute atomic E-state index is 0.0191. The summed E-state index contributed by atoms with van der Waals surface area (Å²) in [4.78, 5) is 25.7. The van der Waals surface area contributed by atoms with Crippen LogP contribution in [0.25, 0.3) is 0 Å². The van der Waals surface area contributed by atoms with Crippen molar-refractivity contribution in [1.29, 1.82) is 0 Å². The average molecular weight is 359 g/mol. The van der Waals surface area contributed by atoms with Crippen LogP contribution in [0.2, 0.25) is 0 Å². The molecule has 2 aromatic rings. The SMILES string of the molecule is CSc1ccc(C(=O)NC[C@@H](c2ccccc2)N(C)C)cc1[N+](=O)[O-]. The van der Waals surface area contributed by atoms with Gasteiger partial charge in [0.1, 0.15) is 0 Å². The quantitative estimate of drug-likeness (QED) is 0.466. The molecule has 1 atom stereocenters. The zero-order chi connectivity index (χ0) is 18.4. The summed E-state index contributed by atoms with van der Waals surface area (Å²) < 4.78 is 0. The number of nitrogens with one attached hydrogen (secondary N) is 1.